The molecule has 0 radical (unpaired) electrons. The maximum atomic E-state index is 12.3. The molecule has 0 bridgehead atoms. The lowest BCUT2D eigenvalue weighted by molar-refractivity contribution is -0.132. The molecule has 0 atom stereocenters. The summed E-state index contributed by atoms with van der Waals surface area (Å²) in [6.45, 7) is 4.69. The third-order valence-corrected chi connectivity index (χ3v) is 4.29. The summed E-state index contributed by atoms with van der Waals surface area (Å²) in [6.07, 6.45) is -3.48. The van der Waals surface area contributed by atoms with Crippen LogP contribution in [-0.4, -0.2) is 73.4 Å². The zero-order chi connectivity index (χ0) is 19.2. The molecule has 0 aromatic carbocycles. The lowest BCUT2D eigenvalue weighted by Crippen LogP contribution is -2.53. The average molecular weight is 439 g/mol. The van der Waals surface area contributed by atoms with Crippen molar-refractivity contribution in [3.8, 4) is 5.88 Å². The predicted octanol–water partition coefficient (Wildman–Crippen LogP) is 2.29. The standard InChI is InChI=1S/C15H22BrF3N6O/c1-3-20-13(21-5-4-15(17,18)19)24-6-8-25(9-7-24)14-22-10-11(16)12(23-14)26-2/h10H,3-9H2,1-2H3,(H,20,21). The topological polar surface area (TPSA) is 65.9 Å². The van der Waals surface area contributed by atoms with E-state index in [1.165, 1.54) is 7.11 Å². The zero-order valence-electron chi connectivity index (χ0n) is 14.7. The van der Waals surface area contributed by atoms with Gasteiger partial charge in [-0.3, -0.25) is 4.99 Å². The fourth-order valence-corrected chi connectivity index (χ4v) is 2.82. The van der Waals surface area contributed by atoms with Crippen molar-refractivity contribution in [2.45, 2.75) is 19.5 Å². The molecule has 2 heterocycles. The molecule has 26 heavy (non-hydrogen) atoms. The number of rotatable bonds is 5. The first kappa shape index (κ1) is 20.5. The molecule has 0 saturated carbocycles. The third kappa shape index (κ3) is 5.89. The molecule has 7 nitrogen and oxygen atoms in total. The Morgan fingerprint density at radius 2 is 2.04 bits per heavy atom. The lowest BCUT2D eigenvalue weighted by atomic mass is 10.3. The van der Waals surface area contributed by atoms with E-state index in [1.807, 2.05) is 16.7 Å². The highest BCUT2D eigenvalue weighted by Gasteiger charge is 2.27. The van der Waals surface area contributed by atoms with Crippen molar-refractivity contribution in [2.75, 3.05) is 51.3 Å². The lowest BCUT2D eigenvalue weighted by Gasteiger charge is -2.36. The minimum absolute atomic E-state index is 0.279. The highest BCUT2D eigenvalue weighted by Crippen LogP contribution is 2.24. The molecule has 1 fully saturated rings. The van der Waals surface area contributed by atoms with Crippen molar-refractivity contribution in [1.29, 1.82) is 0 Å². The Balaban J connectivity index is 1.97. The molecule has 0 spiro atoms. The first-order valence-corrected chi connectivity index (χ1v) is 9.05. The van der Waals surface area contributed by atoms with Gasteiger partial charge in [0.1, 0.15) is 0 Å². The smallest absolute Gasteiger partial charge is 0.390 e. The summed E-state index contributed by atoms with van der Waals surface area (Å²) in [5.74, 6) is 1.52. The maximum absolute atomic E-state index is 12.3. The largest absolute Gasteiger partial charge is 0.480 e. The van der Waals surface area contributed by atoms with Gasteiger partial charge >= 0.3 is 6.18 Å². The van der Waals surface area contributed by atoms with E-state index in [0.717, 1.165) is 0 Å². The number of guanidine groups is 1. The normalized spacial score (nSPS) is 16.0. The Bertz CT molecular complexity index is 620. The fourth-order valence-electron chi connectivity index (χ4n) is 2.47. The van der Waals surface area contributed by atoms with Crippen molar-refractivity contribution in [3.05, 3.63) is 10.7 Å². The fraction of sp³-hybridized carbons (Fsp3) is 0.667. The highest BCUT2D eigenvalue weighted by molar-refractivity contribution is 9.10. The van der Waals surface area contributed by atoms with E-state index in [1.54, 1.807) is 6.20 Å². The Kier molecular flexibility index (Phi) is 7.30. The number of aromatic nitrogens is 2. The number of nitrogens with zero attached hydrogens (tertiary/aromatic N) is 5. The molecule has 1 aromatic rings. The molecule has 0 amide bonds. The number of anilines is 1. The molecule has 2 rings (SSSR count). The SMILES string of the molecule is CCNC(=NCCC(F)(F)F)N1CCN(c2ncc(Br)c(OC)n2)CC1. The number of halogens is 4. The van der Waals surface area contributed by atoms with Crippen LogP contribution in [0.5, 0.6) is 5.88 Å². The molecule has 1 aliphatic rings. The van der Waals surface area contributed by atoms with Gasteiger partial charge in [-0.05, 0) is 22.9 Å². The number of methoxy groups -OCH3 is 1. The highest BCUT2D eigenvalue weighted by atomic mass is 79.9. The van der Waals surface area contributed by atoms with Crippen LogP contribution in [0.15, 0.2) is 15.7 Å². The van der Waals surface area contributed by atoms with E-state index in [0.29, 0.717) is 55.0 Å². The number of aliphatic imine (C=N–C) groups is 1. The minimum atomic E-state index is -4.20. The van der Waals surface area contributed by atoms with Crippen LogP contribution < -0.4 is 15.0 Å². The van der Waals surface area contributed by atoms with Gasteiger partial charge in [-0.15, -0.1) is 0 Å². The van der Waals surface area contributed by atoms with Gasteiger partial charge in [0.05, 0.1) is 30.7 Å². The van der Waals surface area contributed by atoms with Crippen molar-refractivity contribution < 1.29 is 17.9 Å². The van der Waals surface area contributed by atoms with Crippen molar-refractivity contribution in [2.24, 2.45) is 4.99 Å². The minimum Gasteiger partial charge on any atom is -0.480 e. The molecule has 11 heteroatoms. The van der Waals surface area contributed by atoms with Crippen LogP contribution in [0, 0.1) is 0 Å². The zero-order valence-corrected chi connectivity index (χ0v) is 16.3. The Morgan fingerprint density at radius 1 is 1.35 bits per heavy atom. The summed E-state index contributed by atoms with van der Waals surface area (Å²) in [5, 5.41) is 3.05. The summed E-state index contributed by atoms with van der Waals surface area (Å²) < 4.78 is 42.8. The van der Waals surface area contributed by atoms with Gasteiger partial charge in [-0.25, -0.2) is 4.98 Å². The molecule has 1 aromatic heterocycles. The third-order valence-electron chi connectivity index (χ3n) is 3.75. The van der Waals surface area contributed by atoms with E-state index in [-0.39, 0.29) is 6.54 Å². The molecule has 146 valence electrons. The van der Waals surface area contributed by atoms with Crippen molar-refractivity contribution >= 4 is 27.8 Å². The average Bonchev–Trinajstić information content (AvgIpc) is 2.61. The summed E-state index contributed by atoms with van der Waals surface area (Å²) in [5.41, 5.74) is 0. The van der Waals surface area contributed by atoms with E-state index in [2.05, 4.69) is 36.2 Å². The summed E-state index contributed by atoms with van der Waals surface area (Å²) in [7, 11) is 1.54. The Labute approximate surface area is 158 Å². The molecule has 1 saturated heterocycles. The molecule has 0 unspecified atom stereocenters. The van der Waals surface area contributed by atoms with Crippen LogP contribution in [0.4, 0.5) is 19.1 Å². The number of hydrogen-bond donors (Lipinski definition) is 1. The van der Waals surface area contributed by atoms with E-state index in [9.17, 15) is 13.2 Å². The van der Waals surface area contributed by atoms with Crippen molar-refractivity contribution in [1.82, 2.24) is 20.2 Å². The Morgan fingerprint density at radius 3 is 2.62 bits per heavy atom. The predicted molar refractivity (Wildman–Crippen MR) is 96.7 cm³/mol. The summed E-state index contributed by atoms with van der Waals surface area (Å²) >= 11 is 3.32. The summed E-state index contributed by atoms with van der Waals surface area (Å²) in [4.78, 5) is 16.7. The molecule has 1 aliphatic heterocycles. The van der Waals surface area contributed by atoms with Crippen LogP contribution in [0.1, 0.15) is 13.3 Å². The maximum Gasteiger partial charge on any atom is 0.390 e. The van der Waals surface area contributed by atoms with Gasteiger partial charge in [-0.1, -0.05) is 0 Å². The molecular formula is C15H22BrF3N6O. The van der Waals surface area contributed by atoms with E-state index < -0.39 is 12.6 Å². The van der Waals surface area contributed by atoms with Gasteiger partial charge in [-0.2, -0.15) is 18.2 Å². The molecule has 0 aliphatic carbocycles. The second-order valence-corrected chi connectivity index (χ2v) is 6.46. The molecular weight excluding hydrogens is 417 g/mol. The van der Waals surface area contributed by atoms with Crippen LogP contribution >= 0.6 is 15.9 Å². The van der Waals surface area contributed by atoms with Gasteiger partial charge in [0.15, 0.2) is 5.96 Å². The molecule has 1 N–H and O–H groups in total. The van der Waals surface area contributed by atoms with Gasteiger partial charge in [0.2, 0.25) is 11.8 Å². The second kappa shape index (κ2) is 9.24. The first-order chi connectivity index (χ1) is 12.3. The summed E-state index contributed by atoms with van der Waals surface area (Å²) in [6, 6.07) is 0. The van der Waals surface area contributed by atoms with Crippen molar-refractivity contribution in [3.63, 3.8) is 0 Å². The quantitative estimate of drug-likeness (QED) is 0.561. The van der Waals surface area contributed by atoms with Gasteiger partial charge < -0.3 is 19.9 Å². The monoisotopic (exact) mass is 438 g/mol. The van der Waals surface area contributed by atoms with Crippen LogP contribution in [0.2, 0.25) is 0 Å². The van der Waals surface area contributed by atoms with E-state index in [4.69, 9.17) is 4.74 Å². The van der Waals surface area contributed by atoms with E-state index >= 15 is 0 Å². The number of nitrogens with one attached hydrogen (secondary N) is 1. The number of hydrogen-bond acceptors (Lipinski definition) is 5. The van der Waals surface area contributed by atoms with Gasteiger partial charge in [0.25, 0.3) is 0 Å². The Hall–Kier alpha value is -1.78. The van der Waals surface area contributed by atoms with Crippen LogP contribution in [0.25, 0.3) is 0 Å². The van der Waals surface area contributed by atoms with Crippen LogP contribution in [0.3, 0.4) is 0 Å². The van der Waals surface area contributed by atoms with Gasteiger partial charge in [0, 0.05) is 32.7 Å². The number of ether oxygens (including phenoxy) is 1. The second-order valence-electron chi connectivity index (χ2n) is 5.60. The van der Waals surface area contributed by atoms with Crippen LogP contribution in [-0.2, 0) is 0 Å². The number of alkyl halides is 3. The number of piperazine rings is 1. The first-order valence-electron chi connectivity index (χ1n) is 8.25.